The van der Waals surface area contributed by atoms with Gasteiger partial charge in [-0.05, 0) is 35.9 Å². The number of esters is 1. The second kappa shape index (κ2) is 8.77. The molecule has 2 aromatic rings. The fourth-order valence-corrected chi connectivity index (χ4v) is 3.66. The van der Waals surface area contributed by atoms with Crippen LogP contribution in [0.2, 0.25) is 0 Å². The molecule has 0 spiro atoms. The third-order valence-electron chi connectivity index (χ3n) is 4.15. The molecule has 1 aliphatic rings. The van der Waals surface area contributed by atoms with Gasteiger partial charge in [-0.25, -0.2) is 9.59 Å². The first kappa shape index (κ1) is 19.0. The van der Waals surface area contributed by atoms with Gasteiger partial charge in [0.1, 0.15) is 0 Å². The lowest BCUT2D eigenvalue weighted by molar-refractivity contribution is -0.138. The Balaban J connectivity index is 2.09. The van der Waals surface area contributed by atoms with E-state index in [-0.39, 0.29) is 12.6 Å². The summed E-state index contributed by atoms with van der Waals surface area (Å²) in [6.45, 7) is 4.12. The summed E-state index contributed by atoms with van der Waals surface area (Å²) in [5.74, 6) is 0.538. The van der Waals surface area contributed by atoms with Crippen LogP contribution >= 0.6 is 11.8 Å². The number of hydrogen-bond donors (Lipinski definition) is 2. The molecule has 1 unspecified atom stereocenters. The molecule has 27 heavy (non-hydrogen) atoms. The molecule has 3 rings (SSSR count). The van der Waals surface area contributed by atoms with E-state index in [1.54, 1.807) is 18.7 Å². The summed E-state index contributed by atoms with van der Waals surface area (Å²) in [5, 5.41) is 5.64. The van der Waals surface area contributed by atoms with Crippen LogP contribution < -0.4 is 10.6 Å². The van der Waals surface area contributed by atoms with Crippen LogP contribution in [0.15, 0.2) is 65.1 Å². The van der Waals surface area contributed by atoms with Gasteiger partial charge in [0, 0.05) is 4.90 Å². The maximum atomic E-state index is 12.8. The molecule has 6 heteroatoms. The number of urea groups is 1. The van der Waals surface area contributed by atoms with Crippen molar-refractivity contribution >= 4 is 29.5 Å². The summed E-state index contributed by atoms with van der Waals surface area (Å²) in [4.78, 5) is 26.2. The van der Waals surface area contributed by atoms with Crippen molar-refractivity contribution in [3.63, 3.8) is 0 Å². The van der Waals surface area contributed by atoms with E-state index in [1.165, 1.54) is 0 Å². The van der Waals surface area contributed by atoms with Crippen LogP contribution in [0.1, 0.15) is 31.0 Å². The molecule has 1 atom stereocenters. The highest BCUT2D eigenvalue weighted by atomic mass is 32.2. The van der Waals surface area contributed by atoms with Crippen LogP contribution in [0.25, 0.3) is 5.70 Å². The lowest BCUT2D eigenvalue weighted by Gasteiger charge is -2.29. The SMILES string of the molecule is CCOC(=O)C1=C(c2ccccc2)NC(=O)NC1c1ccc(SCC)cc1. The first-order chi connectivity index (χ1) is 13.1. The van der Waals surface area contributed by atoms with Gasteiger partial charge in [-0.1, -0.05) is 49.4 Å². The Morgan fingerprint density at radius 2 is 1.78 bits per heavy atom. The zero-order chi connectivity index (χ0) is 19.2. The zero-order valence-electron chi connectivity index (χ0n) is 15.3. The summed E-state index contributed by atoms with van der Waals surface area (Å²) < 4.78 is 5.29. The minimum absolute atomic E-state index is 0.261. The fourth-order valence-electron chi connectivity index (χ4n) is 3.00. The van der Waals surface area contributed by atoms with Crippen LogP contribution in [0, 0.1) is 0 Å². The molecular weight excluding hydrogens is 360 g/mol. The molecule has 0 saturated carbocycles. The normalized spacial score (nSPS) is 16.5. The number of ether oxygens (including phenoxy) is 1. The molecule has 1 heterocycles. The average Bonchev–Trinajstić information content (AvgIpc) is 2.69. The van der Waals surface area contributed by atoms with Gasteiger partial charge in [-0.2, -0.15) is 0 Å². The highest BCUT2D eigenvalue weighted by molar-refractivity contribution is 7.99. The van der Waals surface area contributed by atoms with Crippen molar-refractivity contribution in [3.05, 3.63) is 71.3 Å². The molecule has 0 aromatic heterocycles. The van der Waals surface area contributed by atoms with E-state index in [0.29, 0.717) is 11.3 Å². The molecule has 5 nitrogen and oxygen atoms in total. The van der Waals surface area contributed by atoms with Crippen LogP contribution in [0.5, 0.6) is 0 Å². The van der Waals surface area contributed by atoms with Crippen molar-refractivity contribution < 1.29 is 14.3 Å². The second-order valence-corrected chi connectivity index (χ2v) is 7.25. The third-order valence-corrected chi connectivity index (χ3v) is 5.05. The number of hydrogen-bond acceptors (Lipinski definition) is 4. The van der Waals surface area contributed by atoms with E-state index in [2.05, 4.69) is 17.6 Å². The smallest absolute Gasteiger partial charge is 0.338 e. The molecule has 0 fully saturated rings. The molecule has 140 valence electrons. The highest BCUT2D eigenvalue weighted by Gasteiger charge is 2.34. The van der Waals surface area contributed by atoms with E-state index >= 15 is 0 Å². The van der Waals surface area contributed by atoms with Crippen molar-refractivity contribution in [1.82, 2.24) is 10.6 Å². The molecule has 0 radical (unpaired) electrons. The molecule has 0 saturated heterocycles. The lowest BCUT2D eigenvalue weighted by atomic mass is 9.93. The monoisotopic (exact) mass is 382 g/mol. The molecule has 0 aliphatic carbocycles. The number of carbonyl (C=O) groups excluding carboxylic acids is 2. The second-order valence-electron chi connectivity index (χ2n) is 5.91. The Morgan fingerprint density at radius 3 is 2.41 bits per heavy atom. The molecule has 2 amide bonds. The first-order valence-electron chi connectivity index (χ1n) is 8.91. The Bertz CT molecular complexity index is 847. The molecule has 2 N–H and O–H groups in total. The van der Waals surface area contributed by atoms with Crippen LogP contribution in [-0.2, 0) is 9.53 Å². The maximum Gasteiger partial charge on any atom is 0.338 e. The average molecular weight is 382 g/mol. The van der Waals surface area contributed by atoms with E-state index < -0.39 is 12.0 Å². The van der Waals surface area contributed by atoms with Gasteiger partial charge in [0.15, 0.2) is 0 Å². The summed E-state index contributed by atoms with van der Waals surface area (Å²) in [6, 6.07) is 16.3. The number of carbonyl (C=O) groups is 2. The topological polar surface area (TPSA) is 67.4 Å². The van der Waals surface area contributed by atoms with Crippen molar-refractivity contribution in [2.45, 2.75) is 24.8 Å². The molecule has 2 aromatic carbocycles. The Labute approximate surface area is 163 Å². The Hall–Kier alpha value is -2.73. The van der Waals surface area contributed by atoms with Gasteiger partial charge in [0.2, 0.25) is 0 Å². The minimum atomic E-state index is -0.575. The third kappa shape index (κ3) is 4.34. The Morgan fingerprint density at radius 1 is 1.07 bits per heavy atom. The summed E-state index contributed by atoms with van der Waals surface area (Å²) in [6.07, 6.45) is 0. The number of thioether (sulfide) groups is 1. The zero-order valence-corrected chi connectivity index (χ0v) is 16.1. The predicted molar refractivity (Wildman–Crippen MR) is 107 cm³/mol. The van der Waals surface area contributed by atoms with Gasteiger partial charge in [-0.3, -0.25) is 0 Å². The van der Waals surface area contributed by atoms with E-state index in [1.807, 2.05) is 54.6 Å². The Kier molecular flexibility index (Phi) is 6.19. The quantitative estimate of drug-likeness (QED) is 0.582. The standard InChI is InChI=1S/C21H22N2O3S/c1-3-26-20(24)17-18(14-8-6-5-7-9-14)22-21(25)23-19(17)15-10-12-16(13-11-15)27-4-2/h5-13,19H,3-4H2,1-2H3,(H2,22,23,25). The van der Waals surface area contributed by atoms with Gasteiger partial charge < -0.3 is 15.4 Å². The summed E-state index contributed by atoms with van der Waals surface area (Å²) >= 11 is 1.74. The van der Waals surface area contributed by atoms with Gasteiger partial charge in [0.05, 0.1) is 23.9 Å². The molecular formula is C21H22N2O3S. The van der Waals surface area contributed by atoms with Crippen LogP contribution in [-0.4, -0.2) is 24.4 Å². The molecule has 1 aliphatic heterocycles. The van der Waals surface area contributed by atoms with Crippen LogP contribution in [0.3, 0.4) is 0 Å². The van der Waals surface area contributed by atoms with E-state index in [4.69, 9.17) is 4.74 Å². The van der Waals surface area contributed by atoms with Gasteiger partial charge >= 0.3 is 12.0 Å². The number of nitrogens with one attached hydrogen (secondary N) is 2. The largest absolute Gasteiger partial charge is 0.463 e. The van der Waals surface area contributed by atoms with E-state index in [9.17, 15) is 9.59 Å². The van der Waals surface area contributed by atoms with Gasteiger partial charge in [0.25, 0.3) is 0 Å². The fraction of sp³-hybridized carbons (Fsp3) is 0.238. The predicted octanol–water partition coefficient (Wildman–Crippen LogP) is 4.13. The van der Waals surface area contributed by atoms with Crippen LogP contribution in [0.4, 0.5) is 4.79 Å². The van der Waals surface area contributed by atoms with Crippen molar-refractivity contribution in [2.75, 3.05) is 12.4 Å². The van der Waals surface area contributed by atoms with Crippen molar-refractivity contribution in [3.8, 4) is 0 Å². The molecule has 0 bridgehead atoms. The lowest BCUT2D eigenvalue weighted by Crippen LogP contribution is -2.45. The van der Waals surface area contributed by atoms with Crippen molar-refractivity contribution in [2.24, 2.45) is 0 Å². The summed E-state index contributed by atoms with van der Waals surface area (Å²) in [7, 11) is 0. The number of benzene rings is 2. The highest BCUT2D eigenvalue weighted by Crippen LogP contribution is 2.32. The van der Waals surface area contributed by atoms with Crippen molar-refractivity contribution in [1.29, 1.82) is 0 Å². The minimum Gasteiger partial charge on any atom is -0.463 e. The summed E-state index contributed by atoms with van der Waals surface area (Å²) in [5.41, 5.74) is 2.48. The maximum absolute atomic E-state index is 12.8. The van der Waals surface area contributed by atoms with Gasteiger partial charge in [-0.15, -0.1) is 11.8 Å². The van der Waals surface area contributed by atoms with E-state index in [0.717, 1.165) is 21.8 Å². The number of rotatable bonds is 6. The first-order valence-corrected chi connectivity index (χ1v) is 9.89. The number of amides is 2.